The van der Waals surface area contributed by atoms with Gasteiger partial charge in [-0.1, -0.05) is 29.8 Å². The normalized spacial score (nSPS) is 12.7. The molecule has 1 aromatic heterocycles. The summed E-state index contributed by atoms with van der Waals surface area (Å²) in [6, 6.07) is 6.00. The lowest BCUT2D eigenvalue weighted by atomic mass is 10.1. The van der Waals surface area contributed by atoms with Crippen LogP contribution in [0.25, 0.3) is 0 Å². The van der Waals surface area contributed by atoms with Gasteiger partial charge in [0.15, 0.2) is 0 Å². The van der Waals surface area contributed by atoms with E-state index in [1.165, 1.54) is 23.0 Å². The quantitative estimate of drug-likeness (QED) is 0.941. The van der Waals surface area contributed by atoms with E-state index in [-0.39, 0.29) is 16.3 Å². The standard InChI is InChI=1S/C12H11ClF2N2O2/c1-17-10(8(13)6-16-17)11(18)7-4-2-3-5-9(7)19-12(14)15/h2-6,11-12,18H,1H3. The molecule has 1 atom stereocenters. The van der Waals surface area contributed by atoms with Crippen LogP contribution in [0.4, 0.5) is 8.78 Å². The van der Waals surface area contributed by atoms with Crippen LogP contribution in [-0.4, -0.2) is 21.5 Å². The molecule has 4 nitrogen and oxygen atoms in total. The van der Waals surface area contributed by atoms with Gasteiger partial charge in [0, 0.05) is 12.6 Å². The van der Waals surface area contributed by atoms with E-state index in [2.05, 4.69) is 9.84 Å². The highest BCUT2D eigenvalue weighted by atomic mass is 35.5. The van der Waals surface area contributed by atoms with Crippen LogP contribution in [0.2, 0.25) is 5.02 Å². The molecule has 0 saturated carbocycles. The van der Waals surface area contributed by atoms with Crippen molar-refractivity contribution in [2.75, 3.05) is 0 Å². The Morgan fingerprint density at radius 2 is 2.05 bits per heavy atom. The van der Waals surface area contributed by atoms with Gasteiger partial charge in [-0.3, -0.25) is 4.68 Å². The van der Waals surface area contributed by atoms with Gasteiger partial charge in [-0.2, -0.15) is 13.9 Å². The molecule has 0 fully saturated rings. The molecule has 0 amide bonds. The van der Waals surface area contributed by atoms with E-state index >= 15 is 0 Å². The van der Waals surface area contributed by atoms with Gasteiger partial charge < -0.3 is 9.84 Å². The third kappa shape index (κ3) is 2.85. The van der Waals surface area contributed by atoms with Crippen molar-refractivity contribution in [2.45, 2.75) is 12.7 Å². The molecule has 2 rings (SSSR count). The number of aryl methyl sites for hydroxylation is 1. The average Bonchev–Trinajstić information content (AvgIpc) is 2.68. The fourth-order valence-electron chi connectivity index (χ4n) is 1.78. The molecule has 0 spiro atoms. The van der Waals surface area contributed by atoms with Gasteiger partial charge in [0.1, 0.15) is 11.9 Å². The SMILES string of the molecule is Cn1ncc(Cl)c1C(O)c1ccccc1OC(F)F. The molecule has 0 radical (unpaired) electrons. The van der Waals surface area contributed by atoms with Crippen molar-refractivity contribution in [3.05, 3.63) is 46.7 Å². The molecule has 0 aliphatic rings. The lowest BCUT2D eigenvalue weighted by Crippen LogP contribution is -2.11. The first-order valence-corrected chi connectivity index (χ1v) is 5.77. The third-order valence-corrected chi connectivity index (χ3v) is 2.92. The van der Waals surface area contributed by atoms with E-state index < -0.39 is 12.7 Å². The van der Waals surface area contributed by atoms with Crippen LogP contribution in [0.1, 0.15) is 17.4 Å². The highest BCUT2D eigenvalue weighted by Crippen LogP contribution is 2.33. The topological polar surface area (TPSA) is 47.3 Å². The van der Waals surface area contributed by atoms with E-state index in [0.29, 0.717) is 5.69 Å². The summed E-state index contributed by atoms with van der Waals surface area (Å²) < 4.78 is 30.4. The zero-order valence-corrected chi connectivity index (χ0v) is 10.7. The molecule has 0 bridgehead atoms. The molecule has 1 aromatic carbocycles. The van der Waals surface area contributed by atoms with E-state index in [1.54, 1.807) is 19.2 Å². The highest BCUT2D eigenvalue weighted by molar-refractivity contribution is 6.31. The van der Waals surface area contributed by atoms with Gasteiger partial charge >= 0.3 is 6.61 Å². The molecule has 2 aromatic rings. The monoisotopic (exact) mass is 288 g/mol. The number of halogens is 3. The zero-order valence-electron chi connectivity index (χ0n) is 9.93. The lowest BCUT2D eigenvalue weighted by Gasteiger charge is -2.16. The maximum atomic E-state index is 12.3. The molecule has 0 aliphatic heterocycles. The van der Waals surface area contributed by atoms with Gasteiger partial charge in [0.25, 0.3) is 0 Å². The number of ether oxygens (including phenoxy) is 1. The summed E-state index contributed by atoms with van der Waals surface area (Å²) in [5.74, 6) is -0.0951. The van der Waals surface area contributed by atoms with Crippen molar-refractivity contribution in [3.63, 3.8) is 0 Å². The van der Waals surface area contributed by atoms with Crippen LogP contribution in [0.15, 0.2) is 30.5 Å². The molecule has 1 heterocycles. The number of rotatable bonds is 4. The number of aromatic nitrogens is 2. The summed E-state index contributed by atoms with van der Waals surface area (Å²) in [5.41, 5.74) is 0.514. The van der Waals surface area contributed by atoms with Gasteiger partial charge in [0.05, 0.1) is 16.9 Å². The van der Waals surface area contributed by atoms with Gasteiger partial charge in [-0.05, 0) is 6.07 Å². The van der Waals surface area contributed by atoms with E-state index in [0.717, 1.165) is 0 Å². The predicted molar refractivity (Wildman–Crippen MR) is 65.4 cm³/mol. The lowest BCUT2D eigenvalue weighted by molar-refractivity contribution is -0.0513. The van der Waals surface area contributed by atoms with Crippen molar-refractivity contribution in [3.8, 4) is 5.75 Å². The summed E-state index contributed by atoms with van der Waals surface area (Å²) in [6.07, 6.45) is 0.173. The number of alkyl halides is 2. The summed E-state index contributed by atoms with van der Waals surface area (Å²) in [6.45, 7) is -2.96. The number of hydrogen-bond acceptors (Lipinski definition) is 3. The largest absolute Gasteiger partial charge is 0.434 e. The van der Waals surface area contributed by atoms with Crippen LogP contribution >= 0.6 is 11.6 Å². The number of benzene rings is 1. The number of hydrogen-bond donors (Lipinski definition) is 1. The summed E-state index contributed by atoms with van der Waals surface area (Å²) in [4.78, 5) is 0. The van der Waals surface area contributed by atoms with E-state index in [4.69, 9.17) is 11.6 Å². The maximum Gasteiger partial charge on any atom is 0.387 e. The second kappa shape index (κ2) is 5.54. The summed E-state index contributed by atoms with van der Waals surface area (Å²) in [5, 5.41) is 14.4. The van der Waals surface area contributed by atoms with Crippen molar-refractivity contribution in [2.24, 2.45) is 7.05 Å². The summed E-state index contributed by atoms with van der Waals surface area (Å²) in [7, 11) is 1.60. The predicted octanol–water partition coefficient (Wildman–Crippen LogP) is 2.76. The van der Waals surface area contributed by atoms with Crippen molar-refractivity contribution < 1.29 is 18.6 Å². The van der Waals surface area contributed by atoms with E-state index in [9.17, 15) is 13.9 Å². The maximum absolute atomic E-state index is 12.3. The van der Waals surface area contributed by atoms with Crippen LogP contribution in [0, 0.1) is 0 Å². The molecule has 0 saturated heterocycles. The minimum atomic E-state index is -2.96. The fourth-order valence-corrected chi connectivity index (χ4v) is 2.05. The number of para-hydroxylation sites is 1. The zero-order chi connectivity index (χ0) is 14.0. The Bertz CT molecular complexity index is 555. The molecule has 102 valence electrons. The van der Waals surface area contributed by atoms with Crippen LogP contribution in [-0.2, 0) is 7.05 Å². The fraction of sp³-hybridized carbons (Fsp3) is 0.250. The molecular formula is C12H11ClF2N2O2. The van der Waals surface area contributed by atoms with Gasteiger partial charge in [-0.15, -0.1) is 0 Å². The average molecular weight is 289 g/mol. The number of nitrogens with zero attached hydrogens (tertiary/aromatic N) is 2. The van der Waals surface area contributed by atoms with Gasteiger partial charge in [0.2, 0.25) is 0 Å². The molecule has 1 unspecified atom stereocenters. The van der Waals surface area contributed by atoms with Crippen molar-refractivity contribution in [1.29, 1.82) is 0 Å². The second-order valence-electron chi connectivity index (χ2n) is 3.82. The Hall–Kier alpha value is -1.66. The Kier molecular flexibility index (Phi) is 4.01. The van der Waals surface area contributed by atoms with Crippen LogP contribution in [0.5, 0.6) is 5.75 Å². The molecule has 7 heteroatoms. The molecular weight excluding hydrogens is 278 g/mol. The first-order chi connectivity index (χ1) is 9.00. The number of aliphatic hydroxyl groups is 1. The molecule has 19 heavy (non-hydrogen) atoms. The smallest absolute Gasteiger partial charge is 0.387 e. The Morgan fingerprint density at radius 3 is 2.63 bits per heavy atom. The summed E-state index contributed by atoms with van der Waals surface area (Å²) >= 11 is 5.92. The van der Waals surface area contributed by atoms with Crippen LogP contribution < -0.4 is 4.74 Å². The minimum Gasteiger partial charge on any atom is -0.434 e. The third-order valence-electron chi connectivity index (χ3n) is 2.63. The molecule has 1 N–H and O–H groups in total. The Balaban J connectivity index is 2.41. The minimum absolute atomic E-state index is 0.0951. The Labute approximate surface area is 113 Å². The molecule has 0 aliphatic carbocycles. The first-order valence-electron chi connectivity index (χ1n) is 5.40. The Morgan fingerprint density at radius 1 is 1.37 bits per heavy atom. The highest BCUT2D eigenvalue weighted by Gasteiger charge is 2.22. The van der Waals surface area contributed by atoms with Crippen LogP contribution in [0.3, 0.4) is 0 Å². The van der Waals surface area contributed by atoms with Crippen molar-refractivity contribution in [1.82, 2.24) is 9.78 Å². The first kappa shape index (κ1) is 13.8. The van der Waals surface area contributed by atoms with E-state index in [1.807, 2.05) is 0 Å². The second-order valence-corrected chi connectivity index (χ2v) is 4.23. The van der Waals surface area contributed by atoms with Crippen molar-refractivity contribution >= 4 is 11.6 Å². The number of aliphatic hydroxyl groups excluding tert-OH is 1. The van der Waals surface area contributed by atoms with Gasteiger partial charge in [-0.25, -0.2) is 0 Å².